The molecule has 0 saturated heterocycles. The summed E-state index contributed by atoms with van der Waals surface area (Å²) in [4.78, 5) is 11.3. The van der Waals surface area contributed by atoms with Crippen LogP contribution in [0.3, 0.4) is 0 Å². The lowest BCUT2D eigenvalue weighted by Crippen LogP contribution is -2.36. The molecule has 0 spiro atoms. The number of nitrogens with one attached hydrogen (secondary N) is 1. The number of hydrogen-bond donors (Lipinski definition) is 1. The van der Waals surface area contributed by atoms with E-state index in [4.69, 9.17) is 16.3 Å². The molecule has 0 bridgehead atoms. The lowest BCUT2D eigenvalue weighted by Gasteiger charge is -2.19. The zero-order valence-corrected chi connectivity index (χ0v) is 11.1. The summed E-state index contributed by atoms with van der Waals surface area (Å²) in [7, 11) is 1.41. The van der Waals surface area contributed by atoms with Gasteiger partial charge in [-0.2, -0.15) is 0 Å². The molecule has 1 aromatic carbocycles. The lowest BCUT2D eigenvalue weighted by molar-refractivity contribution is -0.145. The average molecular weight is 256 g/mol. The fraction of sp³-hybridized carbons (Fsp3) is 0.462. The van der Waals surface area contributed by atoms with Gasteiger partial charge in [0.2, 0.25) is 0 Å². The van der Waals surface area contributed by atoms with Crippen LogP contribution in [0.2, 0.25) is 5.02 Å². The predicted octanol–water partition coefficient (Wildman–Crippen LogP) is 2.63. The summed E-state index contributed by atoms with van der Waals surface area (Å²) in [6.07, 6.45) is 0. The minimum atomic E-state index is -0.193. The first-order valence-corrected chi connectivity index (χ1v) is 5.98. The molecule has 0 aliphatic carbocycles. The van der Waals surface area contributed by atoms with Gasteiger partial charge in [-0.25, -0.2) is 0 Å². The molecule has 3 nitrogen and oxygen atoms in total. The molecule has 0 fully saturated rings. The van der Waals surface area contributed by atoms with Crippen molar-refractivity contribution in [2.45, 2.75) is 26.4 Å². The van der Waals surface area contributed by atoms with Crippen molar-refractivity contribution in [3.63, 3.8) is 0 Å². The van der Waals surface area contributed by atoms with Crippen LogP contribution < -0.4 is 5.32 Å². The van der Waals surface area contributed by atoms with E-state index < -0.39 is 0 Å². The molecular formula is C13H18ClNO2. The molecule has 17 heavy (non-hydrogen) atoms. The molecule has 0 aromatic heterocycles. The second-order valence-corrected chi connectivity index (χ2v) is 4.54. The van der Waals surface area contributed by atoms with Crippen molar-refractivity contribution in [2.75, 3.05) is 7.11 Å². The van der Waals surface area contributed by atoms with Gasteiger partial charge in [-0.05, 0) is 24.6 Å². The van der Waals surface area contributed by atoms with Gasteiger partial charge in [0.1, 0.15) is 0 Å². The fourth-order valence-corrected chi connectivity index (χ4v) is 1.57. The summed E-state index contributed by atoms with van der Waals surface area (Å²) >= 11 is 5.80. The van der Waals surface area contributed by atoms with Crippen LogP contribution in [0, 0.1) is 5.92 Å². The van der Waals surface area contributed by atoms with Crippen molar-refractivity contribution in [3.8, 4) is 0 Å². The number of carbonyl (C=O) groups excluding carboxylic acids is 1. The van der Waals surface area contributed by atoms with Gasteiger partial charge < -0.3 is 10.1 Å². The van der Waals surface area contributed by atoms with E-state index in [-0.39, 0.29) is 17.9 Å². The molecule has 0 aliphatic rings. The van der Waals surface area contributed by atoms with Gasteiger partial charge in [0.05, 0.1) is 13.0 Å². The number of benzene rings is 1. The van der Waals surface area contributed by atoms with Crippen molar-refractivity contribution < 1.29 is 9.53 Å². The molecule has 0 radical (unpaired) electrons. The summed E-state index contributed by atoms with van der Waals surface area (Å²) in [5.74, 6) is -0.353. The van der Waals surface area contributed by atoms with Crippen LogP contribution in [0.25, 0.3) is 0 Å². The van der Waals surface area contributed by atoms with Crippen LogP contribution in [0.1, 0.15) is 19.4 Å². The van der Waals surface area contributed by atoms with Crippen molar-refractivity contribution >= 4 is 17.6 Å². The number of halogens is 1. The summed E-state index contributed by atoms with van der Waals surface area (Å²) in [6.45, 7) is 4.53. The molecule has 1 N–H and O–H groups in total. The van der Waals surface area contributed by atoms with Gasteiger partial charge in [-0.3, -0.25) is 4.79 Å². The van der Waals surface area contributed by atoms with Gasteiger partial charge in [-0.15, -0.1) is 0 Å². The highest BCUT2D eigenvalue weighted by atomic mass is 35.5. The Labute approximate surface area is 107 Å². The van der Waals surface area contributed by atoms with Crippen molar-refractivity contribution in [1.29, 1.82) is 0 Å². The molecule has 0 amide bonds. The van der Waals surface area contributed by atoms with E-state index in [2.05, 4.69) is 5.32 Å². The monoisotopic (exact) mass is 255 g/mol. The van der Waals surface area contributed by atoms with E-state index in [1.165, 1.54) is 7.11 Å². The molecule has 0 heterocycles. The number of methoxy groups -OCH3 is 1. The van der Waals surface area contributed by atoms with E-state index in [0.29, 0.717) is 6.54 Å². The number of carbonyl (C=O) groups is 1. The fourth-order valence-electron chi connectivity index (χ4n) is 1.45. The Bertz CT molecular complexity index is 364. The molecule has 0 saturated carbocycles. The molecule has 2 unspecified atom stereocenters. The Balaban J connectivity index is 2.45. The summed E-state index contributed by atoms with van der Waals surface area (Å²) in [6, 6.07) is 7.70. The third kappa shape index (κ3) is 4.36. The van der Waals surface area contributed by atoms with E-state index in [1.807, 2.05) is 38.1 Å². The predicted molar refractivity (Wildman–Crippen MR) is 68.9 cm³/mol. The maximum Gasteiger partial charge on any atom is 0.309 e. The Morgan fingerprint density at radius 2 is 1.94 bits per heavy atom. The first kappa shape index (κ1) is 14.0. The van der Waals surface area contributed by atoms with Gasteiger partial charge in [-0.1, -0.05) is 30.7 Å². The highest BCUT2D eigenvalue weighted by Crippen LogP contribution is 2.10. The average Bonchev–Trinajstić information content (AvgIpc) is 2.35. The van der Waals surface area contributed by atoms with Crippen molar-refractivity contribution in [3.05, 3.63) is 34.9 Å². The van der Waals surface area contributed by atoms with Gasteiger partial charge in [0, 0.05) is 17.6 Å². The molecule has 94 valence electrons. The summed E-state index contributed by atoms with van der Waals surface area (Å²) in [5, 5.41) is 4.02. The zero-order chi connectivity index (χ0) is 12.8. The van der Waals surface area contributed by atoms with Crippen LogP contribution in [0.15, 0.2) is 24.3 Å². The zero-order valence-electron chi connectivity index (χ0n) is 10.4. The minimum absolute atomic E-state index is 0.0677. The lowest BCUT2D eigenvalue weighted by atomic mass is 10.0. The maximum absolute atomic E-state index is 11.3. The largest absolute Gasteiger partial charge is 0.469 e. The van der Waals surface area contributed by atoms with Crippen molar-refractivity contribution in [2.24, 2.45) is 5.92 Å². The Hall–Kier alpha value is -1.06. The third-order valence-corrected chi connectivity index (χ3v) is 3.12. The minimum Gasteiger partial charge on any atom is -0.469 e. The van der Waals surface area contributed by atoms with Crippen LogP contribution in [-0.4, -0.2) is 19.1 Å². The van der Waals surface area contributed by atoms with E-state index in [9.17, 15) is 4.79 Å². The number of hydrogen-bond acceptors (Lipinski definition) is 3. The Kier molecular flexibility index (Phi) is 5.45. The van der Waals surface area contributed by atoms with E-state index >= 15 is 0 Å². The quantitative estimate of drug-likeness (QED) is 0.822. The van der Waals surface area contributed by atoms with E-state index in [1.54, 1.807) is 0 Å². The molecule has 4 heteroatoms. The highest BCUT2D eigenvalue weighted by Gasteiger charge is 2.19. The van der Waals surface area contributed by atoms with Gasteiger partial charge >= 0.3 is 5.97 Å². The van der Waals surface area contributed by atoms with Gasteiger partial charge in [0.25, 0.3) is 0 Å². The summed E-state index contributed by atoms with van der Waals surface area (Å²) < 4.78 is 4.70. The molecular weight excluding hydrogens is 238 g/mol. The van der Waals surface area contributed by atoms with Crippen LogP contribution in [0.4, 0.5) is 0 Å². The Morgan fingerprint density at radius 3 is 2.47 bits per heavy atom. The first-order chi connectivity index (χ1) is 8.04. The number of rotatable bonds is 5. The highest BCUT2D eigenvalue weighted by molar-refractivity contribution is 6.30. The van der Waals surface area contributed by atoms with Crippen LogP contribution >= 0.6 is 11.6 Å². The van der Waals surface area contributed by atoms with E-state index in [0.717, 1.165) is 10.6 Å². The van der Waals surface area contributed by atoms with Crippen LogP contribution in [0.5, 0.6) is 0 Å². The number of esters is 1. The normalized spacial score (nSPS) is 14.1. The third-order valence-electron chi connectivity index (χ3n) is 2.86. The second kappa shape index (κ2) is 6.62. The standard InChI is InChI=1S/C13H18ClNO2/c1-9(13(16)17-3)10(2)15-8-11-4-6-12(14)7-5-11/h4-7,9-10,15H,8H2,1-3H3. The molecule has 2 atom stereocenters. The molecule has 1 rings (SSSR count). The molecule has 0 aliphatic heterocycles. The SMILES string of the molecule is COC(=O)C(C)C(C)NCc1ccc(Cl)cc1. The van der Waals surface area contributed by atoms with Gasteiger partial charge in [0.15, 0.2) is 0 Å². The topological polar surface area (TPSA) is 38.3 Å². The number of ether oxygens (including phenoxy) is 1. The Morgan fingerprint density at radius 1 is 1.35 bits per heavy atom. The summed E-state index contributed by atoms with van der Waals surface area (Å²) in [5.41, 5.74) is 1.14. The second-order valence-electron chi connectivity index (χ2n) is 4.11. The smallest absolute Gasteiger partial charge is 0.309 e. The maximum atomic E-state index is 11.3. The van der Waals surface area contributed by atoms with Crippen LogP contribution in [-0.2, 0) is 16.1 Å². The van der Waals surface area contributed by atoms with Crippen molar-refractivity contribution in [1.82, 2.24) is 5.32 Å². The molecule has 1 aromatic rings. The first-order valence-electron chi connectivity index (χ1n) is 5.60.